The number of esters is 1. The lowest BCUT2D eigenvalue weighted by molar-refractivity contribution is -0.155. The van der Waals surface area contributed by atoms with Crippen LogP contribution in [-0.2, 0) is 14.9 Å². The SMILES string of the molecule is CCOC(=O)C(C)(c1ccccc1)C(F)F. The van der Waals surface area contributed by atoms with E-state index in [0.717, 1.165) is 0 Å². The Morgan fingerprint density at radius 1 is 1.38 bits per heavy atom. The molecule has 0 aromatic heterocycles. The van der Waals surface area contributed by atoms with Gasteiger partial charge in [-0.25, -0.2) is 8.78 Å². The molecule has 0 aliphatic rings. The van der Waals surface area contributed by atoms with Gasteiger partial charge in [-0.15, -0.1) is 0 Å². The molecule has 1 atom stereocenters. The standard InChI is InChI=1S/C12H14F2O2/c1-3-16-11(15)12(2,10(13)14)9-7-5-4-6-8-9/h4-8,10H,3H2,1-2H3. The fourth-order valence-electron chi connectivity index (χ4n) is 1.40. The van der Waals surface area contributed by atoms with Crippen molar-refractivity contribution < 1.29 is 18.3 Å². The summed E-state index contributed by atoms with van der Waals surface area (Å²) in [6, 6.07) is 7.96. The molecule has 0 fully saturated rings. The van der Waals surface area contributed by atoms with Crippen LogP contribution in [-0.4, -0.2) is 19.0 Å². The zero-order valence-corrected chi connectivity index (χ0v) is 9.24. The van der Waals surface area contributed by atoms with E-state index in [1.54, 1.807) is 25.1 Å². The normalized spacial score (nSPS) is 14.6. The molecule has 16 heavy (non-hydrogen) atoms. The third-order valence-electron chi connectivity index (χ3n) is 2.51. The Labute approximate surface area is 93.2 Å². The molecule has 2 nitrogen and oxygen atoms in total. The summed E-state index contributed by atoms with van der Waals surface area (Å²) in [6.45, 7) is 2.88. The van der Waals surface area contributed by atoms with Gasteiger partial charge in [-0.05, 0) is 19.4 Å². The number of hydrogen-bond donors (Lipinski definition) is 0. The largest absolute Gasteiger partial charge is 0.465 e. The monoisotopic (exact) mass is 228 g/mol. The van der Waals surface area contributed by atoms with Crippen LogP contribution >= 0.6 is 0 Å². The third-order valence-corrected chi connectivity index (χ3v) is 2.51. The average Bonchev–Trinajstić information content (AvgIpc) is 2.29. The first-order chi connectivity index (χ1) is 7.53. The molecule has 4 heteroatoms. The molecule has 0 N–H and O–H groups in total. The van der Waals surface area contributed by atoms with Crippen molar-refractivity contribution in [1.82, 2.24) is 0 Å². The maximum atomic E-state index is 13.0. The highest BCUT2D eigenvalue weighted by atomic mass is 19.3. The topological polar surface area (TPSA) is 26.3 Å². The van der Waals surface area contributed by atoms with Crippen LogP contribution in [0.25, 0.3) is 0 Å². The van der Waals surface area contributed by atoms with Crippen molar-refractivity contribution in [2.24, 2.45) is 0 Å². The van der Waals surface area contributed by atoms with Gasteiger partial charge in [-0.3, -0.25) is 4.79 Å². The molecule has 1 aromatic carbocycles. The molecule has 0 saturated heterocycles. The zero-order chi connectivity index (χ0) is 12.2. The van der Waals surface area contributed by atoms with Crippen molar-refractivity contribution in [2.75, 3.05) is 6.61 Å². The number of carbonyl (C=O) groups excluding carboxylic acids is 1. The Morgan fingerprint density at radius 3 is 2.38 bits per heavy atom. The first-order valence-electron chi connectivity index (χ1n) is 5.04. The number of rotatable bonds is 4. The molecule has 0 heterocycles. The predicted molar refractivity (Wildman–Crippen MR) is 56.4 cm³/mol. The van der Waals surface area contributed by atoms with E-state index in [-0.39, 0.29) is 12.2 Å². The van der Waals surface area contributed by atoms with Crippen molar-refractivity contribution in [3.05, 3.63) is 35.9 Å². The van der Waals surface area contributed by atoms with Gasteiger partial charge >= 0.3 is 5.97 Å². The molecule has 1 unspecified atom stereocenters. The summed E-state index contributed by atoms with van der Waals surface area (Å²) in [5, 5.41) is 0. The third kappa shape index (κ3) is 2.21. The zero-order valence-electron chi connectivity index (χ0n) is 9.24. The molecule has 0 spiro atoms. The van der Waals surface area contributed by atoms with Crippen LogP contribution in [0.3, 0.4) is 0 Å². The van der Waals surface area contributed by atoms with Crippen LogP contribution in [0.4, 0.5) is 8.78 Å². The van der Waals surface area contributed by atoms with Crippen molar-refractivity contribution in [1.29, 1.82) is 0 Å². The quantitative estimate of drug-likeness (QED) is 0.741. The molecule has 0 amide bonds. The van der Waals surface area contributed by atoms with E-state index in [1.807, 2.05) is 0 Å². The second-order valence-corrected chi connectivity index (χ2v) is 3.59. The van der Waals surface area contributed by atoms with E-state index >= 15 is 0 Å². The number of carbonyl (C=O) groups is 1. The Balaban J connectivity index is 3.12. The average molecular weight is 228 g/mol. The number of ether oxygens (including phenoxy) is 1. The summed E-state index contributed by atoms with van der Waals surface area (Å²) in [4.78, 5) is 11.6. The van der Waals surface area contributed by atoms with Crippen LogP contribution in [0.2, 0.25) is 0 Å². The van der Waals surface area contributed by atoms with Crippen LogP contribution in [0.15, 0.2) is 30.3 Å². The first kappa shape index (κ1) is 12.6. The highest BCUT2D eigenvalue weighted by Gasteiger charge is 2.45. The second-order valence-electron chi connectivity index (χ2n) is 3.59. The highest BCUT2D eigenvalue weighted by Crippen LogP contribution is 2.32. The molecule has 1 rings (SSSR count). The number of halogens is 2. The minimum absolute atomic E-state index is 0.0912. The summed E-state index contributed by atoms with van der Waals surface area (Å²) in [6.07, 6.45) is -2.80. The van der Waals surface area contributed by atoms with E-state index in [1.165, 1.54) is 19.1 Å². The lowest BCUT2D eigenvalue weighted by atomic mass is 9.83. The maximum Gasteiger partial charge on any atom is 0.322 e. The minimum atomic E-state index is -2.80. The number of hydrogen-bond acceptors (Lipinski definition) is 2. The molecule has 88 valence electrons. The summed E-state index contributed by atoms with van der Waals surface area (Å²) in [7, 11) is 0. The van der Waals surface area contributed by atoms with Gasteiger partial charge < -0.3 is 4.74 Å². The van der Waals surface area contributed by atoms with E-state index in [4.69, 9.17) is 4.74 Å². The molecule has 0 bridgehead atoms. The molecule has 1 aromatic rings. The Morgan fingerprint density at radius 2 is 1.94 bits per heavy atom. The van der Waals surface area contributed by atoms with Crippen LogP contribution in [0, 0.1) is 0 Å². The number of benzene rings is 1. The number of alkyl halides is 2. The van der Waals surface area contributed by atoms with E-state index in [2.05, 4.69) is 0 Å². The fourth-order valence-corrected chi connectivity index (χ4v) is 1.40. The predicted octanol–water partition coefficient (Wildman–Crippen LogP) is 2.77. The van der Waals surface area contributed by atoms with Gasteiger partial charge in [0.15, 0.2) is 5.41 Å². The first-order valence-corrected chi connectivity index (χ1v) is 5.04. The summed E-state index contributed by atoms with van der Waals surface area (Å²) < 4.78 is 30.8. The van der Waals surface area contributed by atoms with Crippen molar-refractivity contribution in [3.8, 4) is 0 Å². The molecular formula is C12H14F2O2. The Bertz CT molecular complexity index is 351. The fraction of sp³-hybridized carbons (Fsp3) is 0.417. The second kappa shape index (κ2) is 5.05. The van der Waals surface area contributed by atoms with Crippen LogP contribution in [0.5, 0.6) is 0 Å². The van der Waals surface area contributed by atoms with Gasteiger partial charge in [0, 0.05) is 0 Å². The van der Waals surface area contributed by atoms with Crippen LogP contribution < -0.4 is 0 Å². The molecule has 0 aliphatic heterocycles. The van der Waals surface area contributed by atoms with Gasteiger partial charge in [-0.1, -0.05) is 30.3 Å². The molecular weight excluding hydrogens is 214 g/mol. The Kier molecular flexibility index (Phi) is 3.99. The van der Waals surface area contributed by atoms with Crippen molar-refractivity contribution in [3.63, 3.8) is 0 Å². The Hall–Kier alpha value is -1.45. The van der Waals surface area contributed by atoms with Gasteiger partial charge in [-0.2, -0.15) is 0 Å². The van der Waals surface area contributed by atoms with Gasteiger partial charge in [0.2, 0.25) is 0 Å². The highest BCUT2D eigenvalue weighted by molar-refractivity contribution is 5.83. The lowest BCUT2D eigenvalue weighted by Gasteiger charge is -2.26. The van der Waals surface area contributed by atoms with Crippen molar-refractivity contribution >= 4 is 5.97 Å². The summed E-state index contributed by atoms with van der Waals surface area (Å²) in [5.74, 6) is -0.892. The summed E-state index contributed by atoms with van der Waals surface area (Å²) >= 11 is 0. The molecule has 0 saturated carbocycles. The van der Waals surface area contributed by atoms with E-state index in [9.17, 15) is 13.6 Å². The van der Waals surface area contributed by atoms with Gasteiger partial charge in [0.05, 0.1) is 6.61 Å². The molecule has 0 aliphatic carbocycles. The molecule has 0 radical (unpaired) electrons. The van der Waals surface area contributed by atoms with E-state index < -0.39 is 17.8 Å². The maximum absolute atomic E-state index is 13.0. The smallest absolute Gasteiger partial charge is 0.322 e. The van der Waals surface area contributed by atoms with Crippen molar-refractivity contribution in [2.45, 2.75) is 25.7 Å². The minimum Gasteiger partial charge on any atom is -0.465 e. The van der Waals surface area contributed by atoms with Gasteiger partial charge in [0.1, 0.15) is 0 Å². The lowest BCUT2D eigenvalue weighted by Crippen LogP contribution is -2.41. The van der Waals surface area contributed by atoms with Crippen LogP contribution in [0.1, 0.15) is 19.4 Å². The van der Waals surface area contributed by atoms with Gasteiger partial charge in [0.25, 0.3) is 6.43 Å². The summed E-state index contributed by atoms with van der Waals surface area (Å²) in [5.41, 5.74) is -1.62. The van der Waals surface area contributed by atoms with E-state index in [0.29, 0.717) is 0 Å².